The van der Waals surface area contributed by atoms with E-state index in [2.05, 4.69) is 10.6 Å². The van der Waals surface area contributed by atoms with Crippen LogP contribution in [0.25, 0.3) is 0 Å². The van der Waals surface area contributed by atoms with Crippen molar-refractivity contribution >= 4 is 23.2 Å². The molecule has 1 heterocycles. The summed E-state index contributed by atoms with van der Waals surface area (Å²) in [4.78, 5) is 24.2. The van der Waals surface area contributed by atoms with Gasteiger partial charge in [0.25, 0.3) is 11.8 Å². The van der Waals surface area contributed by atoms with Crippen molar-refractivity contribution in [2.24, 2.45) is 0 Å². The Kier molecular flexibility index (Phi) is 6.87. The van der Waals surface area contributed by atoms with E-state index in [1.54, 1.807) is 12.1 Å². The standard InChI is InChI=1S/C23H21F3N2O4/c1-14(2)15-5-8-17(9-6-15)32-13-21(29)28-19-10-7-16(12-18(19)23(24,25)26)27-22(30)20-4-3-11-31-20/h3-12,14H,13H2,1-2H3,(H,27,30)(H,28,29). The molecule has 6 nitrogen and oxygen atoms in total. The number of furan rings is 1. The van der Waals surface area contributed by atoms with Gasteiger partial charge >= 0.3 is 6.18 Å². The molecule has 0 saturated carbocycles. The van der Waals surface area contributed by atoms with E-state index in [0.717, 1.165) is 17.7 Å². The second kappa shape index (κ2) is 9.59. The van der Waals surface area contributed by atoms with Crippen molar-refractivity contribution in [1.82, 2.24) is 0 Å². The molecule has 168 valence electrons. The van der Waals surface area contributed by atoms with Crippen LogP contribution in [0, 0.1) is 0 Å². The lowest BCUT2D eigenvalue weighted by Crippen LogP contribution is -2.22. The minimum Gasteiger partial charge on any atom is -0.484 e. The summed E-state index contributed by atoms with van der Waals surface area (Å²) in [6.07, 6.45) is -3.49. The summed E-state index contributed by atoms with van der Waals surface area (Å²) < 4.78 is 50.9. The number of hydrogen-bond donors (Lipinski definition) is 2. The highest BCUT2D eigenvalue weighted by Gasteiger charge is 2.34. The summed E-state index contributed by atoms with van der Waals surface area (Å²) in [5.41, 5.74) is -0.560. The third-order valence-corrected chi connectivity index (χ3v) is 4.52. The van der Waals surface area contributed by atoms with Crippen LogP contribution in [0.1, 0.15) is 41.4 Å². The van der Waals surface area contributed by atoms with Crippen molar-refractivity contribution in [2.75, 3.05) is 17.2 Å². The lowest BCUT2D eigenvalue weighted by atomic mass is 10.0. The first-order valence-electron chi connectivity index (χ1n) is 9.72. The highest BCUT2D eigenvalue weighted by Crippen LogP contribution is 2.36. The topological polar surface area (TPSA) is 80.6 Å². The zero-order valence-electron chi connectivity index (χ0n) is 17.3. The lowest BCUT2D eigenvalue weighted by molar-refractivity contribution is -0.137. The van der Waals surface area contributed by atoms with Crippen LogP contribution in [-0.4, -0.2) is 18.4 Å². The Bertz CT molecular complexity index is 1080. The van der Waals surface area contributed by atoms with Crippen LogP contribution in [0.4, 0.5) is 24.5 Å². The zero-order valence-corrected chi connectivity index (χ0v) is 17.3. The van der Waals surface area contributed by atoms with Gasteiger partial charge in [-0.25, -0.2) is 0 Å². The summed E-state index contributed by atoms with van der Waals surface area (Å²) in [6.45, 7) is 3.61. The van der Waals surface area contributed by atoms with Crippen LogP contribution in [0.5, 0.6) is 5.75 Å². The Morgan fingerprint density at radius 2 is 1.75 bits per heavy atom. The summed E-state index contributed by atoms with van der Waals surface area (Å²) in [6, 6.07) is 13.0. The molecule has 1 aromatic heterocycles. The van der Waals surface area contributed by atoms with Gasteiger partial charge in [0.15, 0.2) is 12.4 Å². The fourth-order valence-corrected chi connectivity index (χ4v) is 2.85. The summed E-state index contributed by atoms with van der Waals surface area (Å²) in [7, 11) is 0. The molecule has 0 aliphatic carbocycles. The molecule has 0 saturated heterocycles. The molecule has 0 spiro atoms. The fraction of sp³-hybridized carbons (Fsp3) is 0.217. The smallest absolute Gasteiger partial charge is 0.418 e. The monoisotopic (exact) mass is 446 g/mol. The Labute approximate surface area is 182 Å². The normalized spacial score (nSPS) is 11.3. The van der Waals surface area contributed by atoms with Crippen LogP contribution in [0.15, 0.2) is 65.3 Å². The van der Waals surface area contributed by atoms with Gasteiger partial charge in [-0.1, -0.05) is 26.0 Å². The van der Waals surface area contributed by atoms with Crippen LogP contribution in [0.3, 0.4) is 0 Å². The van der Waals surface area contributed by atoms with Crippen LogP contribution >= 0.6 is 0 Å². The number of hydrogen-bond acceptors (Lipinski definition) is 4. The van der Waals surface area contributed by atoms with Crippen molar-refractivity contribution in [3.63, 3.8) is 0 Å². The molecule has 0 aliphatic heterocycles. The number of carbonyl (C=O) groups excluding carboxylic acids is 2. The van der Waals surface area contributed by atoms with Gasteiger partial charge in [0, 0.05) is 5.69 Å². The maximum atomic E-state index is 13.5. The molecule has 0 aliphatic rings. The maximum Gasteiger partial charge on any atom is 0.418 e. The number of benzene rings is 2. The van der Waals surface area contributed by atoms with Crippen molar-refractivity contribution in [3.8, 4) is 5.75 Å². The summed E-state index contributed by atoms with van der Waals surface area (Å²) >= 11 is 0. The van der Waals surface area contributed by atoms with Crippen molar-refractivity contribution < 1.29 is 31.9 Å². The Morgan fingerprint density at radius 1 is 1.03 bits per heavy atom. The van der Waals surface area contributed by atoms with E-state index in [0.29, 0.717) is 11.7 Å². The Balaban J connectivity index is 1.68. The number of amides is 2. The van der Waals surface area contributed by atoms with E-state index in [4.69, 9.17) is 9.15 Å². The van der Waals surface area contributed by atoms with Gasteiger partial charge in [0.2, 0.25) is 0 Å². The van der Waals surface area contributed by atoms with Gasteiger partial charge in [-0.15, -0.1) is 0 Å². The van der Waals surface area contributed by atoms with Gasteiger partial charge in [-0.2, -0.15) is 13.2 Å². The molecule has 3 aromatic rings. The zero-order chi connectivity index (χ0) is 23.3. The predicted molar refractivity (Wildman–Crippen MR) is 113 cm³/mol. The molecule has 2 N–H and O–H groups in total. The first-order valence-corrected chi connectivity index (χ1v) is 9.72. The largest absolute Gasteiger partial charge is 0.484 e. The second-order valence-electron chi connectivity index (χ2n) is 7.25. The number of rotatable bonds is 7. The van der Waals surface area contributed by atoms with E-state index < -0.39 is 35.8 Å². The van der Waals surface area contributed by atoms with E-state index in [1.165, 1.54) is 24.5 Å². The SMILES string of the molecule is CC(C)c1ccc(OCC(=O)Nc2ccc(NC(=O)c3ccco3)cc2C(F)(F)F)cc1. The average molecular weight is 446 g/mol. The van der Waals surface area contributed by atoms with E-state index >= 15 is 0 Å². The number of halogens is 3. The van der Waals surface area contributed by atoms with E-state index in [9.17, 15) is 22.8 Å². The third-order valence-electron chi connectivity index (χ3n) is 4.52. The highest BCUT2D eigenvalue weighted by molar-refractivity contribution is 6.02. The molecule has 3 rings (SSSR count). The van der Waals surface area contributed by atoms with Gasteiger partial charge in [0.1, 0.15) is 5.75 Å². The Morgan fingerprint density at radius 3 is 2.34 bits per heavy atom. The van der Waals surface area contributed by atoms with Crippen molar-refractivity contribution in [2.45, 2.75) is 25.9 Å². The molecule has 0 atom stereocenters. The van der Waals surface area contributed by atoms with Crippen molar-refractivity contribution in [3.05, 3.63) is 77.7 Å². The van der Waals surface area contributed by atoms with E-state index in [-0.39, 0.29) is 11.4 Å². The van der Waals surface area contributed by atoms with Gasteiger partial charge in [-0.3, -0.25) is 9.59 Å². The molecule has 9 heteroatoms. The third kappa shape index (κ3) is 5.90. The first-order chi connectivity index (χ1) is 15.1. The molecule has 32 heavy (non-hydrogen) atoms. The lowest BCUT2D eigenvalue weighted by Gasteiger charge is -2.16. The molecule has 0 unspecified atom stereocenters. The molecule has 2 amide bonds. The quantitative estimate of drug-likeness (QED) is 0.489. The number of anilines is 2. The minimum atomic E-state index is -4.76. The second-order valence-corrected chi connectivity index (χ2v) is 7.25. The average Bonchev–Trinajstić information content (AvgIpc) is 3.28. The molecule has 0 radical (unpaired) electrons. The van der Waals surface area contributed by atoms with E-state index in [1.807, 2.05) is 26.0 Å². The minimum absolute atomic E-state index is 0.0467. The summed E-state index contributed by atoms with van der Waals surface area (Å²) in [5, 5.41) is 4.54. The van der Waals surface area contributed by atoms with Gasteiger partial charge in [0.05, 0.1) is 17.5 Å². The number of ether oxygens (including phenoxy) is 1. The van der Waals surface area contributed by atoms with Crippen LogP contribution in [-0.2, 0) is 11.0 Å². The highest BCUT2D eigenvalue weighted by atomic mass is 19.4. The molecule has 0 fully saturated rings. The number of alkyl halides is 3. The van der Waals surface area contributed by atoms with Gasteiger partial charge < -0.3 is 19.8 Å². The molecule has 0 bridgehead atoms. The number of nitrogens with one attached hydrogen (secondary N) is 2. The summed E-state index contributed by atoms with van der Waals surface area (Å²) in [5.74, 6) is -0.737. The number of carbonyl (C=O) groups is 2. The maximum absolute atomic E-state index is 13.5. The van der Waals surface area contributed by atoms with Crippen LogP contribution in [0.2, 0.25) is 0 Å². The molecular weight excluding hydrogens is 425 g/mol. The first kappa shape index (κ1) is 22.9. The van der Waals surface area contributed by atoms with Gasteiger partial charge in [-0.05, 0) is 53.9 Å². The Hall–Kier alpha value is -3.75. The van der Waals surface area contributed by atoms with Crippen LogP contribution < -0.4 is 15.4 Å². The van der Waals surface area contributed by atoms with Crippen molar-refractivity contribution in [1.29, 1.82) is 0 Å². The predicted octanol–water partition coefficient (Wildman–Crippen LogP) is 5.69. The fourth-order valence-electron chi connectivity index (χ4n) is 2.85. The molecular formula is C23H21F3N2O4. The molecule has 2 aromatic carbocycles.